The molecule has 11 nitrogen and oxygen atoms in total. The van der Waals surface area contributed by atoms with Gasteiger partial charge in [-0.2, -0.15) is 0 Å². The first kappa shape index (κ1) is 26.5. The third-order valence-electron chi connectivity index (χ3n) is 6.51. The predicted octanol–water partition coefficient (Wildman–Crippen LogP) is 3.84. The molecular formula is C28H34N6O5. The SMILES string of the molecule is Cc1cc(C2CCC(=O)N2CCN(Cc2ccc3c(c2)OCCO3)C(=O)OC(C)(C)C)nc(-n2ccnc2)n1. The van der Waals surface area contributed by atoms with Crippen LogP contribution >= 0.6 is 0 Å². The zero-order chi connectivity index (χ0) is 27.6. The summed E-state index contributed by atoms with van der Waals surface area (Å²) in [7, 11) is 0. The van der Waals surface area contributed by atoms with E-state index in [1.165, 1.54) is 0 Å². The van der Waals surface area contributed by atoms with Crippen LogP contribution in [0.25, 0.3) is 5.95 Å². The number of carbonyl (C=O) groups is 2. The van der Waals surface area contributed by atoms with E-state index in [1.807, 2.05) is 52.0 Å². The van der Waals surface area contributed by atoms with E-state index in [2.05, 4.69) is 9.97 Å². The van der Waals surface area contributed by atoms with E-state index in [0.29, 0.717) is 63.1 Å². The molecule has 0 radical (unpaired) electrons. The van der Waals surface area contributed by atoms with Crippen LogP contribution in [0, 0.1) is 6.92 Å². The minimum atomic E-state index is -0.656. The van der Waals surface area contributed by atoms with Crippen LogP contribution in [0.15, 0.2) is 43.0 Å². The number of nitrogens with zero attached hydrogens (tertiary/aromatic N) is 6. The molecule has 3 aromatic rings. The number of ether oxygens (including phenoxy) is 3. The molecule has 0 spiro atoms. The highest BCUT2D eigenvalue weighted by atomic mass is 16.6. The third-order valence-corrected chi connectivity index (χ3v) is 6.51. The minimum absolute atomic E-state index is 0.0314. The largest absolute Gasteiger partial charge is 0.486 e. The maximum atomic E-state index is 13.2. The van der Waals surface area contributed by atoms with E-state index < -0.39 is 11.7 Å². The van der Waals surface area contributed by atoms with E-state index in [0.717, 1.165) is 17.0 Å². The van der Waals surface area contributed by atoms with Gasteiger partial charge in [0.2, 0.25) is 11.9 Å². The van der Waals surface area contributed by atoms with Crippen LogP contribution in [-0.2, 0) is 16.1 Å². The number of aryl methyl sites for hydroxylation is 1. The van der Waals surface area contributed by atoms with Gasteiger partial charge in [-0.15, -0.1) is 0 Å². The topological polar surface area (TPSA) is 112 Å². The molecule has 0 bridgehead atoms. The van der Waals surface area contributed by atoms with Crippen molar-refractivity contribution in [2.45, 2.75) is 58.7 Å². The van der Waals surface area contributed by atoms with E-state index in [4.69, 9.17) is 19.2 Å². The monoisotopic (exact) mass is 534 g/mol. The number of imidazole rings is 1. The second kappa shape index (κ2) is 10.9. The van der Waals surface area contributed by atoms with Crippen molar-refractivity contribution in [3.63, 3.8) is 0 Å². The van der Waals surface area contributed by atoms with Gasteiger partial charge in [-0.1, -0.05) is 6.07 Å². The smallest absolute Gasteiger partial charge is 0.410 e. The number of hydrogen-bond acceptors (Lipinski definition) is 8. The van der Waals surface area contributed by atoms with Gasteiger partial charge in [-0.05, 0) is 57.9 Å². The van der Waals surface area contributed by atoms with Crippen LogP contribution in [0.3, 0.4) is 0 Å². The molecule has 4 heterocycles. The molecule has 2 aromatic heterocycles. The third kappa shape index (κ3) is 6.30. The van der Waals surface area contributed by atoms with Crippen molar-refractivity contribution in [3.8, 4) is 17.4 Å². The summed E-state index contributed by atoms with van der Waals surface area (Å²) in [5.41, 5.74) is 1.80. The lowest BCUT2D eigenvalue weighted by Gasteiger charge is -2.31. The van der Waals surface area contributed by atoms with Crippen LogP contribution in [0.5, 0.6) is 11.5 Å². The summed E-state index contributed by atoms with van der Waals surface area (Å²) >= 11 is 0. The van der Waals surface area contributed by atoms with E-state index in [-0.39, 0.29) is 11.9 Å². The molecule has 1 aromatic carbocycles. The van der Waals surface area contributed by atoms with Crippen molar-refractivity contribution in [2.24, 2.45) is 0 Å². The van der Waals surface area contributed by atoms with Gasteiger partial charge in [-0.25, -0.2) is 19.7 Å². The molecule has 0 aliphatic carbocycles. The quantitative estimate of drug-likeness (QED) is 0.450. The summed E-state index contributed by atoms with van der Waals surface area (Å²) in [5.74, 6) is 1.89. The van der Waals surface area contributed by atoms with Gasteiger partial charge in [0.1, 0.15) is 25.1 Å². The Balaban J connectivity index is 1.35. The highest BCUT2D eigenvalue weighted by molar-refractivity contribution is 5.79. The zero-order valence-electron chi connectivity index (χ0n) is 22.8. The lowest BCUT2D eigenvalue weighted by Crippen LogP contribution is -2.42. The summed E-state index contributed by atoms with van der Waals surface area (Å²) in [4.78, 5) is 43.0. The summed E-state index contributed by atoms with van der Waals surface area (Å²) in [6, 6.07) is 7.35. The van der Waals surface area contributed by atoms with Crippen molar-refractivity contribution in [1.29, 1.82) is 0 Å². The fourth-order valence-electron chi connectivity index (χ4n) is 4.76. The van der Waals surface area contributed by atoms with E-state index in [1.54, 1.807) is 33.1 Å². The van der Waals surface area contributed by atoms with Gasteiger partial charge in [0, 0.05) is 44.1 Å². The lowest BCUT2D eigenvalue weighted by molar-refractivity contribution is -0.129. The van der Waals surface area contributed by atoms with Gasteiger partial charge in [0.05, 0.1) is 11.7 Å². The molecule has 1 fully saturated rings. The number of fused-ring (bicyclic) bond motifs is 1. The number of likely N-dealkylation sites (tertiary alicyclic amines) is 1. The molecule has 11 heteroatoms. The molecule has 39 heavy (non-hydrogen) atoms. The number of rotatable bonds is 7. The average Bonchev–Trinajstić information content (AvgIpc) is 3.55. The molecule has 1 unspecified atom stereocenters. The predicted molar refractivity (Wildman–Crippen MR) is 142 cm³/mol. The molecular weight excluding hydrogens is 500 g/mol. The van der Waals surface area contributed by atoms with Crippen molar-refractivity contribution in [3.05, 3.63) is 59.9 Å². The van der Waals surface area contributed by atoms with Gasteiger partial charge in [-0.3, -0.25) is 9.36 Å². The van der Waals surface area contributed by atoms with Crippen molar-refractivity contribution in [2.75, 3.05) is 26.3 Å². The number of carbonyl (C=O) groups excluding carboxylic acids is 2. The number of hydrogen-bond donors (Lipinski definition) is 0. The fraction of sp³-hybridized carbons (Fsp3) is 0.464. The van der Waals surface area contributed by atoms with Gasteiger partial charge in [0.25, 0.3) is 0 Å². The Bertz CT molecular complexity index is 1340. The van der Waals surface area contributed by atoms with Crippen molar-refractivity contribution >= 4 is 12.0 Å². The molecule has 5 rings (SSSR count). The average molecular weight is 535 g/mol. The Morgan fingerprint density at radius 2 is 1.95 bits per heavy atom. The normalized spacial score (nSPS) is 16.9. The second-order valence-corrected chi connectivity index (χ2v) is 10.7. The molecule has 0 saturated carbocycles. The second-order valence-electron chi connectivity index (χ2n) is 10.7. The Labute approximate surface area is 227 Å². The molecule has 2 aliphatic heterocycles. The van der Waals surface area contributed by atoms with Crippen molar-refractivity contribution < 1.29 is 23.8 Å². The van der Waals surface area contributed by atoms with Crippen LogP contribution in [0.4, 0.5) is 4.79 Å². The number of aromatic nitrogens is 4. The first-order chi connectivity index (χ1) is 18.7. The van der Waals surface area contributed by atoms with Crippen LogP contribution in [0.1, 0.15) is 56.6 Å². The maximum absolute atomic E-state index is 13.2. The van der Waals surface area contributed by atoms with Gasteiger partial charge in [0.15, 0.2) is 11.5 Å². The first-order valence-electron chi connectivity index (χ1n) is 13.2. The fourth-order valence-corrected chi connectivity index (χ4v) is 4.76. The molecule has 1 saturated heterocycles. The van der Waals surface area contributed by atoms with Gasteiger partial charge < -0.3 is 24.0 Å². The standard InChI is InChI=1S/C28H34N6O5/c1-19-15-21(31-26(30-19)33-10-9-29-18-33)22-6-8-25(35)34(22)12-11-32(27(36)39-28(2,3)4)17-20-5-7-23-24(16-20)38-14-13-37-23/h5,7,9-10,15-16,18,22H,6,8,11-14,17H2,1-4H3. The molecule has 2 amide bonds. The molecule has 1 atom stereocenters. The van der Waals surface area contributed by atoms with Crippen LogP contribution in [0.2, 0.25) is 0 Å². The summed E-state index contributed by atoms with van der Waals surface area (Å²) in [6.07, 6.45) is 5.72. The summed E-state index contributed by atoms with van der Waals surface area (Å²) in [5, 5.41) is 0. The Kier molecular flexibility index (Phi) is 7.40. The lowest BCUT2D eigenvalue weighted by atomic mass is 10.1. The maximum Gasteiger partial charge on any atom is 0.410 e. The Morgan fingerprint density at radius 3 is 2.69 bits per heavy atom. The molecule has 0 N–H and O–H groups in total. The number of amides is 2. The Morgan fingerprint density at radius 1 is 1.15 bits per heavy atom. The molecule has 2 aliphatic rings. The summed E-state index contributed by atoms with van der Waals surface area (Å²) in [6.45, 7) is 9.35. The summed E-state index contributed by atoms with van der Waals surface area (Å²) < 4.78 is 18.8. The Hall–Kier alpha value is -4.15. The van der Waals surface area contributed by atoms with Gasteiger partial charge >= 0.3 is 6.09 Å². The van der Waals surface area contributed by atoms with E-state index in [9.17, 15) is 9.59 Å². The van der Waals surface area contributed by atoms with Crippen LogP contribution in [-0.4, -0.2) is 73.2 Å². The number of benzene rings is 1. The highest BCUT2D eigenvalue weighted by Crippen LogP contribution is 2.33. The van der Waals surface area contributed by atoms with Crippen molar-refractivity contribution in [1.82, 2.24) is 29.3 Å². The van der Waals surface area contributed by atoms with E-state index >= 15 is 0 Å². The van der Waals surface area contributed by atoms with Crippen LogP contribution < -0.4 is 9.47 Å². The first-order valence-corrected chi connectivity index (χ1v) is 13.2. The minimum Gasteiger partial charge on any atom is -0.486 e. The highest BCUT2D eigenvalue weighted by Gasteiger charge is 2.34. The zero-order valence-corrected chi connectivity index (χ0v) is 22.8. The molecule has 206 valence electrons.